The second-order valence-electron chi connectivity index (χ2n) is 4.21. The van der Waals surface area contributed by atoms with E-state index in [9.17, 15) is 4.79 Å². The van der Waals surface area contributed by atoms with Gasteiger partial charge in [0.15, 0.2) is 0 Å². The molecule has 0 aromatic rings. The summed E-state index contributed by atoms with van der Waals surface area (Å²) in [5.41, 5.74) is 0. The molecule has 0 spiro atoms. The van der Waals surface area contributed by atoms with Gasteiger partial charge in [-0.3, -0.25) is 0 Å². The molecule has 0 aliphatic carbocycles. The predicted molar refractivity (Wildman–Crippen MR) is 58.3 cm³/mol. The first-order valence-corrected chi connectivity index (χ1v) is 5.72. The van der Waals surface area contributed by atoms with E-state index in [0.29, 0.717) is 6.04 Å². The molecule has 1 saturated heterocycles. The van der Waals surface area contributed by atoms with Gasteiger partial charge in [0, 0.05) is 25.7 Å². The highest BCUT2D eigenvalue weighted by Gasteiger charge is 2.22. The van der Waals surface area contributed by atoms with E-state index in [0.717, 1.165) is 19.6 Å². The fourth-order valence-corrected chi connectivity index (χ4v) is 1.99. The molecule has 82 valence electrons. The van der Waals surface area contributed by atoms with E-state index in [1.807, 2.05) is 16.7 Å². The molecule has 0 bridgehead atoms. The number of carbonyl (C=O) groups is 1. The average molecular weight is 198 g/mol. The molecule has 1 aliphatic heterocycles. The fraction of sp³-hybridized carbons (Fsp3) is 0.909. The van der Waals surface area contributed by atoms with Crippen molar-refractivity contribution in [2.45, 2.75) is 46.1 Å². The molecule has 2 amide bonds. The summed E-state index contributed by atoms with van der Waals surface area (Å²) in [4.78, 5) is 16.0. The van der Waals surface area contributed by atoms with E-state index in [4.69, 9.17) is 0 Å². The smallest absolute Gasteiger partial charge is 0.320 e. The Labute approximate surface area is 87.1 Å². The summed E-state index contributed by atoms with van der Waals surface area (Å²) in [6.07, 6.45) is 3.61. The first-order valence-electron chi connectivity index (χ1n) is 5.72. The van der Waals surface area contributed by atoms with Crippen molar-refractivity contribution in [2.24, 2.45) is 0 Å². The molecule has 1 heterocycles. The monoisotopic (exact) mass is 198 g/mol. The molecule has 14 heavy (non-hydrogen) atoms. The molecular formula is C11H22N2O. The molecule has 0 aromatic heterocycles. The van der Waals surface area contributed by atoms with Crippen LogP contribution >= 0.6 is 0 Å². The van der Waals surface area contributed by atoms with Crippen molar-refractivity contribution in [3.05, 3.63) is 0 Å². The number of amides is 2. The number of nitrogens with zero attached hydrogens (tertiary/aromatic N) is 2. The van der Waals surface area contributed by atoms with Gasteiger partial charge >= 0.3 is 6.03 Å². The van der Waals surface area contributed by atoms with Gasteiger partial charge in [-0.1, -0.05) is 0 Å². The van der Waals surface area contributed by atoms with Gasteiger partial charge in [-0.25, -0.2) is 4.79 Å². The molecule has 3 heteroatoms. The Morgan fingerprint density at radius 1 is 1.29 bits per heavy atom. The molecule has 0 aromatic carbocycles. The van der Waals surface area contributed by atoms with Gasteiger partial charge < -0.3 is 9.80 Å². The van der Waals surface area contributed by atoms with Crippen molar-refractivity contribution in [3.8, 4) is 0 Å². The molecule has 0 saturated carbocycles. The zero-order chi connectivity index (χ0) is 10.6. The van der Waals surface area contributed by atoms with Gasteiger partial charge in [0.2, 0.25) is 0 Å². The molecule has 0 atom stereocenters. The van der Waals surface area contributed by atoms with Crippen molar-refractivity contribution >= 4 is 6.03 Å². The maximum atomic E-state index is 12.0. The van der Waals surface area contributed by atoms with Crippen LogP contribution in [0.1, 0.15) is 40.0 Å². The maximum Gasteiger partial charge on any atom is 0.320 e. The molecule has 1 fully saturated rings. The van der Waals surface area contributed by atoms with Crippen LogP contribution in [0.4, 0.5) is 4.79 Å². The van der Waals surface area contributed by atoms with Crippen molar-refractivity contribution in [1.29, 1.82) is 0 Å². The Balaban J connectivity index is 2.52. The summed E-state index contributed by atoms with van der Waals surface area (Å²) in [5, 5.41) is 0. The second-order valence-corrected chi connectivity index (χ2v) is 4.21. The number of piperidine rings is 1. The Kier molecular flexibility index (Phi) is 4.23. The number of hydrogen-bond acceptors (Lipinski definition) is 1. The standard InChI is InChI=1S/C11H22N2O/c1-4-13(10(2)3)11(14)12-8-6-5-7-9-12/h10H,4-9H2,1-3H3. The summed E-state index contributed by atoms with van der Waals surface area (Å²) < 4.78 is 0. The van der Waals surface area contributed by atoms with E-state index in [1.165, 1.54) is 19.3 Å². The van der Waals surface area contributed by atoms with Gasteiger partial charge in [-0.15, -0.1) is 0 Å². The average Bonchev–Trinajstić information content (AvgIpc) is 2.19. The summed E-state index contributed by atoms with van der Waals surface area (Å²) in [6, 6.07) is 0.539. The molecule has 1 aliphatic rings. The predicted octanol–water partition coefficient (Wildman–Crippen LogP) is 2.32. The van der Waals surface area contributed by atoms with Gasteiger partial charge in [0.05, 0.1) is 0 Å². The number of rotatable bonds is 2. The van der Waals surface area contributed by atoms with Gasteiger partial charge in [-0.05, 0) is 40.0 Å². The van der Waals surface area contributed by atoms with E-state index < -0.39 is 0 Å². The minimum Gasteiger partial charge on any atom is -0.325 e. The topological polar surface area (TPSA) is 23.6 Å². The highest BCUT2D eigenvalue weighted by atomic mass is 16.2. The summed E-state index contributed by atoms with van der Waals surface area (Å²) in [7, 11) is 0. The number of likely N-dealkylation sites (tertiary alicyclic amines) is 1. The first-order chi connectivity index (χ1) is 6.66. The molecule has 0 unspecified atom stereocenters. The van der Waals surface area contributed by atoms with Crippen molar-refractivity contribution in [1.82, 2.24) is 9.80 Å². The maximum absolute atomic E-state index is 12.0. The lowest BCUT2D eigenvalue weighted by atomic mass is 10.1. The molecule has 3 nitrogen and oxygen atoms in total. The van der Waals surface area contributed by atoms with Crippen LogP contribution in [-0.2, 0) is 0 Å². The summed E-state index contributed by atoms with van der Waals surface area (Å²) in [6.45, 7) is 8.90. The van der Waals surface area contributed by atoms with Crippen LogP contribution in [0.15, 0.2) is 0 Å². The summed E-state index contributed by atoms with van der Waals surface area (Å²) in [5.74, 6) is 0. The lowest BCUT2D eigenvalue weighted by Crippen LogP contribution is -2.48. The summed E-state index contributed by atoms with van der Waals surface area (Å²) >= 11 is 0. The third-order valence-electron chi connectivity index (χ3n) is 2.84. The van der Waals surface area contributed by atoms with E-state index in [2.05, 4.69) is 13.8 Å². The van der Waals surface area contributed by atoms with Crippen LogP contribution in [0.3, 0.4) is 0 Å². The third kappa shape index (κ3) is 2.63. The van der Waals surface area contributed by atoms with E-state index in [1.54, 1.807) is 0 Å². The van der Waals surface area contributed by atoms with Crippen LogP contribution in [0.2, 0.25) is 0 Å². The number of hydrogen-bond donors (Lipinski definition) is 0. The van der Waals surface area contributed by atoms with E-state index >= 15 is 0 Å². The van der Waals surface area contributed by atoms with Crippen LogP contribution in [0.5, 0.6) is 0 Å². The van der Waals surface area contributed by atoms with Crippen LogP contribution < -0.4 is 0 Å². The highest BCUT2D eigenvalue weighted by Crippen LogP contribution is 2.12. The Bertz CT molecular complexity index is 186. The SMILES string of the molecule is CCN(C(=O)N1CCCCC1)C(C)C. The molecular weight excluding hydrogens is 176 g/mol. The quantitative estimate of drug-likeness (QED) is 0.668. The fourth-order valence-electron chi connectivity index (χ4n) is 1.99. The van der Waals surface area contributed by atoms with Crippen LogP contribution in [0.25, 0.3) is 0 Å². The minimum absolute atomic E-state index is 0.224. The van der Waals surface area contributed by atoms with Crippen molar-refractivity contribution in [3.63, 3.8) is 0 Å². The molecule has 1 rings (SSSR count). The lowest BCUT2D eigenvalue weighted by molar-refractivity contribution is 0.134. The lowest BCUT2D eigenvalue weighted by Gasteiger charge is -2.34. The Hall–Kier alpha value is -0.730. The first kappa shape index (κ1) is 11.3. The van der Waals surface area contributed by atoms with Crippen molar-refractivity contribution in [2.75, 3.05) is 19.6 Å². The zero-order valence-corrected chi connectivity index (χ0v) is 9.62. The highest BCUT2D eigenvalue weighted by molar-refractivity contribution is 5.74. The van der Waals surface area contributed by atoms with Gasteiger partial charge in [0.25, 0.3) is 0 Å². The number of carbonyl (C=O) groups excluding carboxylic acids is 1. The second kappa shape index (κ2) is 5.23. The normalized spacial score (nSPS) is 17.3. The zero-order valence-electron chi connectivity index (χ0n) is 9.62. The van der Waals surface area contributed by atoms with E-state index in [-0.39, 0.29) is 6.03 Å². The number of urea groups is 1. The largest absolute Gasteiger partial charge is 0.325 e. The van der Waals surface area contributed by atoms with Gasteiger partial charge in [0.1, 0.15) is 0 Å². The van der Waals surface area contributed by atoms with Crippen molar-refractivity contribution < 1.29 is 4.79 Å². The Morgan fingerprint density at radius 2 is 1.86 bits per heavy atom. The molecule has 0 radical (unpaired) electrons. The van der Waals surface area contributed by atoms with Crippen LogP contribution in [0, 0.1) is 0 Å². The van der Waals surface area contributed by atoms with Gasteiger partial charge in [-0.2, -0.15) is 0 Å². The Morgan fingerprint density at radius 3 is 2.29 bits per heavy atom. The minimum atomic E-state index is 0.224. The third-order valence-corrected chi connectivity index (χ3v) is 2.84. The van der Waals surface area contributed by atoms with Crippen LogP contribution in [-0.4, -0.2) is 41.5 Å². The molecule has 0 N–H and O–H groups in total.